The number of rotatable bonds is 5. The minimum Gasteiger partial charge on any atom is -0.361 e. The van der Waals surface area contributed by atoms with E-state index in [1.165, 1.54) is 12.8 Å². The Balaban J connectivity index is 1.79. The maximum absolute atomic E-state index is 12.0. The number of aromatic nitrogens is 1. The molecule has 0 bridgehead atoms. The molecule has 1 aromatic heterocycles. The van der Waals surface area contributed by atoms with Crippen LogP contribution in [0.5, 0.6) is 0 Å². The fourth-order valence-corrected chi connectivity index (χ4v) is 3.00. The lowest BCUT2D eigenvalue weighted by Crippen LogP contribution is -2.30. The highest BCUT2D eigenvalue weighted by molar-refractivity contribution is 5.76. The Morgan fingerprint density at radius 1 is 1.45 bits per heavy atom. The zero-order valence-corrected chi connectivity index (χ0v) is 12.7. The van der Waals surface area contributed by atoms with Crippen molar-refractivity contribution in [3.05, 3.63) is 17.0 Å². The van der Waals surface area contributed by atoms with Gasteiger partial charge in [-0.3, -0.25) is 4.79 Å². The van der Waals surface area contributed by atoms with Crippen LogP contribution < -0.4 is 10.6 Å². The summed E-state index contributed by atoms with van der Waals surface area (Å²) < 4.78 is 5.14. The third-order valence-corrected chi connectivity index (χ3v) is 4.14. The highest BCUT2D eigenvalue weighted by atomic mass is 16.5. The number of carbonyl (C=O) groups excluding carboxylic acids is 1. The zero-order chi connectivity index (χ0) is 14.5. The SMILES string of the molecule is Cc1noc(C)c1C(C)NC(=O)CCC1CCNCC1. The van der Waals surface area contributed by atoms with Crippen LogP contribution in [0.3, 0.4) is 0 Å². The Bertz CT molecular complexity index is 430. The first kappa shape index (κ1) is 15.0. The normalized spacial score (nSPS) is 17.9. The number of piperidine rings is 1. The third kappa shape index (κ3) is 3.82. The minimum atomic E-state index is -0.0400. The van der Waals surface area contributed by atoms with Crippen molar-refractivity contribution in [1.82, 2.24) is 15.8 Å². The molecule has 5 nitrogen and oxygen atoms in total. The molecule has 1 aliphatic rings. The second-order valence-electron chi connectivity index (χ2n) is 5.76. The van der Waals surface area contributed by atoms with Gasteiger partial charge in [-0.15, -0.1) is 0 Å². The van der Waals surface area contributed by atoms with Crippen molar-refractivity contribution >= 4 is 5.91 Å². The summed E-state index contributed by atoms with van der Waals surface area (Å²) in [6.45, 7) is 7.94. The van der Waals surface area contributed by atoms with Crippen molar-refractivity contribution in [3.8, 4) is 0 Å². The maximum atomic E-state index is 12.0. The molecule has 1 atom stereocenters. The van der Waals surface area contributed by atoms with Gasteiger partial charge in [-0.1, -0.05) is 5.16 Å². The van der Waals surface area contributed by atoms with Gasteiger partial charge < -0.3 is 15.2 Å². The average Bonchev–Trinajstić information content (AvgIpc) is 2.77. The van der Waals surface area contributed by atoms with Crippen molar-refractivity contribution in [1.29, 1.82) is 0 Å². The molecule has 0 saturated carbocycles. The van der Waals surface area contributed by atoms with Crippen LogP contribution in [0.25, 0.3) is 0 Å². The standard InChI is InChI=1S/C15H25N3O2/c1-10(15-11(2)18-20-12(15)3)17-14(19)5-4-13-6-8-16-9-7-13/h10,13,16H,4-9H2,1-3H3,(H,17,19). The lowest BCUT2D eigenvalue weighted by atomic mass is 9.93. The fourth-order valence-electron chi connectivity index (χ4n) is 3.00. The third-order valence-electron chi connectivity index (χ3n) is 4.14. The molecule has 0 radical (unpaired) electrons. The molecule has 112 valence electrons. The Labute approximate surface area is 120 Å². The summed E-state index contributed by atoms with van der Waals surface area (Å²) in [4.78, 5) is 12.0. The summed E-state index contributed by atoms with van der Waals surface area (Å²) in [5, 5.41) is 10.3. The van der Waals surface area contributed by atoms with Crippen LogP contribution in [0, 0.1) is 19.8 Å². The minimum absolute atomic E-state index is 0.0400. The highest BCUT2D eigenvalue weighted by Crippen LogP contribution is 2.22. The molecule has 0 aliphatic carbocycles. The monoisotopic (exact) mass is 279 g/mol. The zero-order valence-electron chi connectivity index (χ0n) is 12.7. The molecule has 5 heteroatoms. The quantitative estimate of drug-likeness (QED) is 0.867. The highest BCUT2D eigenvalue weighted by Gasteiger charge is 2.19. The maximum Gasteiger partial charge on any atom is 0.220 e. The smallest absolute Gasteiger partial charge is 0.220 e. The van der Waals surface area contributed by atoms with Crippen LogP contribution in [-0.4, -0.2) is 24.2 Å². The van der Waals surface area contributed by atoms with Gasteiger partial charge in [-0.05, 0) is 59.0 Å². The second kappa shape index (κ2) is 6.88. The van der Waals surface area contributed by atoms with Gasteiger partial charge in [0, 0.05) is 12.0 Å². The van der Waals surface area contributed by atoms with E-state index in [-0.39, 0.29) is 11.9 Å². The van der Waals surface area contributed by atoms with Crippen molar-refractivity contribution in [2.24, 2.45) is 5.92 Å². The number of aryl methyl sites for hydroxylation is 2. The van der Waals surface area contributed by atoms with Crippen LogP contribution in [0.1, 0.15) is 55.7 Å². The van der Waals surface area contributed by atoms with Gasteiger partial charge in [0.25, 0.3) is 0 Å². The van der Waals surface area contributed by atoms with E-state index in [0.29, 0.717) is 12.3 Å². The molecule has 1 fully saturated rings. The number of amides is 1. The van der Waals surface area contributed by atoms with E-state index in [4.69, 9.17) is 4.52 Å². The van der Waals surface area contributed by atoms with Gasteiger partial charge in [-0.2, -0.15) is 0 Å². The largest absolute Gasteiger partial charge is 0.361 e. The summed E-state index contributed by atoms with van der Waals surface area (Å²) in [6.07, 6.45) is 3.97. The van der Waals surface area contributed by atoms with E-state index in [9.17, 15) is 4.79 Å². The summed E-state index contributed by atoms with van der Waals surface area (Å²) in [5.74, 6) is 1.60. The van der Waals surface area contributed by atoms with E-state index < -0.39 is 0 Å². The van der Waals surface area contributed by atoms with E-state index in [2.05, 4.69) is 15.8 Å². The number of carbonyl (C=O) groups is 1. The summed E-state index contributed by atoms with van der Waals surface area (Å²) in [5.41, 5.74) is 1.86. The molecule has 1 aromatic rings. The van der Waals surface area contributed by atoms with E-state index in [1.54, 1.807) is 0 Å². The predicted octanol–water partition coefficient (Wildman–Crippen LogP) is 2.25. The van der Waals surface area contributed by atoms with Crippen molar-refractivity contribution in [2.45, 2.75) is 52.5 Å². The molecule has 0 aromatic carbocycles. The van der Waals surface area contributed by atoms with Gasteiger partial charge in [0.15, 0.2) is 0 Å². The molecule has 0 spiro atoms. The molecule has 2 heterocycles. The van der Waals surface area contributed by atoms with Crippen LogP contribution in [0.15, 0.2) is 4.52 Å². The van der Waals surface area contributed by atoms with Gasteiger partial charge in [0.2, 0.25) is 5.91 Å². The molecular weight excluding hydrogens is 254 g/mol. The van der Waals surface area contributed by atoms with Gasteiger partial charge in [0.1, 0.15) is 5.76 Å². The number of hydrogen-bond acceptors (Lipinski definition) is 4. The van der Waals surface area contributed by atoms with Crippen molar-refractivity contribution in [3.63, 3.8) is 0 Å². The van der Waals surface area contributed by atoms with E-state index in [1.807, 2.05) is 20.8 Å². The fraction of sp³-hybridized carbons (Fsp3) is 0.733. The first-order valence-corrected chi connectivity index (χ1v) is 7.50. The van der Waals surface area contributed by atoms with Crippen molar-refractivity contribution in [2.75, 3.05) is 13.1 Å². The first-order valence-electron chi connectivity index (χ1n) is 7.50. The molecule has 1 aliphatic heterocycles. The Kier molecular flexibility index (Phi) is 5.17. The van der Waals surface area contributed by atoms with Gasteiger partial charge in [0.05, 0.1) is 11.7 Å². The number of nitrogens with one attached hydrogen (secondary N) is 2. The summed E-state index contributed by atoms with van der Waals surface area (Å²) in [6, 6.07) is -0.0400. The Morgan fingerprint density at radius 3 is 2.75 bits per heavy atom. The van der Waals surface area contributed by atoms with Crippen LogP contribution in [-0.2, 0) is 4.79 Å². The number of hydrogen-bond donors (Lipinski definition) is 2. The molecule has 1 unspecified atom stereocenters. The van der Waals surface area contributed by atoms with Crippen LogP contribution in [0.4, 0.5) is 0 Å². The van der Waals surface area contributed by atoms with E-state index in [0.717, 1.165) is 36.5 Å². The molecule has 20 heavy (non-hydrogen) atoms. The molecular formula is C15H25N3O2. The lowest BCUT2D eigenvalue weighted by Gasteiger charge is -2.22. The van der Waals surface area contributed by atoms with Gasteiger partial charge in [-0.25, -0.2) is 0 Å². The predicted molar refractivity (Wildman–Crippen MR) is 77.4 cm³/mol. The average molecular weight is 279 g/mol. The Hall–Kier alpha value is -1.36. The van der Waals surface area contributed by atoms with E-state index >= 15 is 0 Å². The van der Waals surface area contributed by atoms with Gasteiger partial charge >= 0.3 is 0 Å². The van der Waals surface area contributed by atoms with Crippen LogP contribution in [0.2, 0.25) is 0 Å². The first-order chi connectivity index (χ1) is 9.58. The summed E-state index contributed by atoms with van der Waals surface area (Å²) in [7, 11) is 0. The molecule has 1 saturated heterocycles. The molecule has 2 N–H and O–H groups in total. The molecule has 1 amide bonds. The summed E-state index contributed by atoms with van der Waals surface area (Å²) >= 11 is 0. The second-order valence-corrected chi connectivity index (χ2v) is 5.76. The van der Waals surface area contributed by atoms with Crippen LogP contribution >= 0.6 is 0 Å². The van der Waals surface area contributed by atoms with Crippen molar-refractivity contribution < 1.29 is 9.32 Å². The lowest BCUT2D eigenvalue weighted by molar-refractivity contribution is -0.122. The topological polar surface area (TPSA) is 67.2 Å². The molecule has 2 rings (SSSR count). The Morgan fingerprint density at radius 2 is 2.15 bits per heavy atom. The number of nitrogens with zero attached hydrogens (tertiary/aromatic N) is 1.